The summed E-state index contributed by atoms with van der Waals surface area (Å²) < 4.78 is 0.880. The Morgan fingerprint density at radius 2 is 2.16 bits per heavy atom. The molecule has 1 atom stereocenters. The Balaban J connectivity index is 2.30. The Morgan fingerprint density at radius 3 is 2.68 bits per heavy atom. The normalized spacial score (nSPS) is 12.7. The summed E-state index contributed by atoms with van der Waals surface area (Å²) in [4.78, 5) is 15.2. The summed E-state index contributed by atoms with van der Waals surface area (Å²) in [6.45, 7) is 9.74. The zero-order valence-corrected chi connectivity index (χ0v) is 14.3. The Kier molecular flexibility index (Phi) is 7.64. The predicted octanol–water partition coefficient (Wildman–Crippen LogP) is 3.75. The van der Waals surface area contributed by atoms with E-state index in [-0.39, 0.29) is 11.9 Å². The second kappa shape index (κ2) is 8.72. The van der Waals surface area contributed by atoms with E-state index in [4.69, 9.17) is 0 Å². The van der Waals surface area contributed by atoms with Crippen LogP contribution in [-0.2, 0) is 0 Å². The molecule has 0 aliphatic heterocycles. The lowest BCUT2D eigenvalue weighted by atomic mass is 10.1. The first-order valence-electron chi connectivity index (χ1n) is 6.84. The molecule has 5 heteroatoms. The van der Waals surface area contributed by atoms with E-state index in [2.05, 4.69) is 46.9 Å². The van der Waals surface area contributed by atoms with Gasteiger partial charge >= 0.3 is 0 Å². The molecule has 1 N–H and O–H groups in total. The molecule has 0 aliphatic rings. The average Bonchev–Trinajstić information content (AvgIpc) is 2.81. The molecule has 108 valence electrons. The van der Waals surface area contributed by atoms with Gasteiger partial charge in [-0.15, -0.1) is 11.3 Å². The van der Waals surface area contributed by atoms with Gasteiger partial charge in [0.2, 0.25) is 0 Å². The average molecular weight is 347 g/mol. The van der Waals surface area contributed by atoms with Gasteiger partial charge in [-0.05, 0) is 66.8 Å². The van der Waals surface area contributed by atoms with Crippen molar-refractivity contribution < 1.29 is 4.79 Å². The van der Waals surface area contributed by atoms with Gasteiger partial charge in [0.15, 0.2) is 0 Å². The Labute approximate surface area is 128 Å². The van der Waals surface area contributed by atoms with Gasteiger partial charge in [-0.3, -0.25) is 4.79 Å². The fraction of sp³-hybridized carbons (Fsp3) is 0.643. The molecule has 0 radical (unpaired) electrons. The molecule has 3 nitrogen and oxygen atoms in total. The van der Waals surface area contributed by atoms with E-state index >= 15 is 0 Å². The lowest BCUT2D eigenvalue weighted by Gasteiger charge is -2.19. The van der Waals surface area contributed by atoms with Crippen LogP contribution in [0.15, 0.2) is 15.9 Å². The Hall–Kier alpha value is -0.390. The highest BCUT2D eigenvalue weighted by Gasteiger charge is 2.14. The molecule has 1 aromatic rings. The third-order valence-corrected chi connectivity index (χ3v) is 5.04. The van der Waals surface area contributed by atoms with Crippen LogP contribution in [0.5, 0.6) is 0 Å². The second-order valence-corrected chi connectivity index (χ2v) is 6.41. The van der Waals surface area contributed by atoms with Gasteiger partial charge in [0.05, 0.1) is 0 Å². The van der Waals surface area contributed by atoms with Crippen LogP contribution in [0, 0.1) is 0 Å². The summed E-state index contributed by atoms with van der Waals surface area (Å²) in [5.74, 6) is 0.0252. The number of amides is 1. The van der Waals surface area contributed by atoms with Gasteiger partial charge in [-0.2, -0.15) is 0 Å². The van der Waals surface area contributed by atoms with Crippen molar-refractivity contribution in [3.05, 3.63) is 20.8 Å². The second-order valence-electron chi connectivity index (χ2n) is 4.64. The summed E-state index contributed by atoms with van der Waals surface area (Å²) >= 11 is 4.86. The first-order valence-corrected chi connectivity index (χ1v) is 8.51. The predicted molar refractivity (Wildman–Crippen MR) is 86.0 cm³/mol. The lowest BCUT2D eigenvalue weighted by Crippen LogP contribution is -2.33. The zero-order valence-electron chi connectivity index (χ0n) is 11.9. The third-order valence-electron chi connectivity index (χ3n) is 3.21. The zero-order chi connectivity index (χ0) is 14.3. The molecular weight excluding hydrogens is 324 g/mol. The maximum Gasteiger partial charge on any atom is 0.262 e. The van der Waals surface area contributed by atoms with Gasteiger partial charge < -0.3 is 10.2 Å². The van der Waals surface area contributed by atoms with E-state index in [1.165, 1.54) is 11.3 Å². The molecule has 0 bridgehead atoms. The van der Waals surface area contributed by atoms with Gasteiger partial charge in [0.25, 0.3) is 5.91 Å². The van der Waals surface area contributed by atoms with Gasteiger partial charge in [-0.25, -0.2) is 0 Å². The van der Waals surface area contributed by atoms with Crippen molar-refractivity contribution in [3.63, 3.8) is 0 Å². The van der Waals surface area contributed by atoms with E-state index in [0.717, 1.165) is 41.8 Å². The van der Waals surface area contributed by atoms with Crippen LogP contribution in [0.1, 0.15) is 43.3 Å². The number of carbonyl (C=O) groups excluding carboxylic acids is 1. The maximum atomic E-state index is 12.0. The fourth-order valence-corrected chi connectivity index (χ4v) is 3.43. The van der Waals surface area contributed by atoms with Crippen LogP contribution < -0.4 is 5.32 Å². The highest BCUT2D eigenvalue weighted by molar-refractivity contribution is 9.10. The van der Waals surface area contributed by atoms with Crippen LogP contribution in [-0.4, -0.2) is 36.5 Å². The third kappa shape index (κ3) is 5.63. The number of nitrogens with one attached hydrogen (secondary N) is 1. The standard InChI is InChI=1S/C14H23BrN2OS/c1-4-17(5-2)9-6-7-11(3)16-14(18)13-12(15)8-10-19-13/h8,10-11H,4-7,9H2,1-3H3,(H,16,18). The molecular formula is C14H23BrN2OS. The van der Waals surface area contributed by atoms with Crippen molar-refractivity contribution >= 4 is 33.2 Å². The van der Waals surface area contributed by atoms with E-state index in [1.54, 1.807) is 0 Å². The molecule has 1 unspecified atom stereocenters. The number of thiophene rings is 1. The molecule has 0 aliphatic carbocycles. The first kappa shape index (κ1) is 16.7. The van der Waals surface area contributed by atoms with Gasteiger partial charge in [0.1, 0.15) is 4.88 Å². The number of carbonyl (C=O) groups is 1. The van der Waals surface area contributed by atoms with E-state index in [0.29, 0.717) is 0 Å². The van der Waals surface area contributed by atoms with Crippen molar-refractivity contribution in [1.29, 1.82) is 0 Å². The highest BCUT2D eigenvalue weighted by atomic mass is 79.9. The largest absolute Gasteiger partial charge is 0.349 e. The lowest BCUT2D eigenvalue weighted by molar-refractivity contribution is 0.0940. The Morgan fingerprint density at radius 1 is 1.47 bits per heavy atom. The molecule has 19 heavy (non-hydrogen) atoms. The van der Waals surface area contributed by atoms with Crippen LogP contribution in [0.4, 0.5) is 0 Å². The molecule has 1 aromatic heterocycles. The molecule has 0 saturated heterocycles. The number of rotatable bonds is 8. The topological polar surface area (TPSA) is 32.3 Å². The van der Waals surface area contributed by atoms with Crippen LogP contribution in [0.3, 0.4) is 0 Å². The number of nitrogens with zero attached hydrogens (tertiary/aromatic N) is 1. The smallest absolute Gasteiger partial charge is 0.262 e. The summed E-state index contributed by atoms with van der Waals surface area (Å²) in [6, 6.07) is 2.13. The van der Waals surface area contributed by atoms with E-state index < -0.39 is 0 Å². The minimum absolute atomic E-state index is 0.0252. The van der Waals surface area contributed by atoms with E-state index in [9.17, 15) is 4.79 Å². The maximum absolute atomic E-state index is 12.0. The van der Waals surface area contributed by atoms with Crippen molar-refractivity contribution in [3.8, 4) is 0 Å². The summed E-state index contributed by atoms with van der Waals surface area (Å²) in [6.07, 6.45) is 2.14. The molecule has 1 amide bonds. The summed E-state index contributed by atoms with van der Waals surface area (Å²) in [7, 11) is 0. The fourth-order valence-electron chi connectivity index (χ4n) is 1.98. The first-order chi connectivity index (χ1) is 9.08. The van der Waals surface area contributed by atoms with Crippen LogP contribution in [0.25, 0.3) is 0 Å². The minimum atomic E-state index is 0.0252. The Bertz CT molecular complexity index is 391. The molecule has 0 saturated carbocycles. The number of halogens is 1. The van der Waals surface area contributed by atoms with Crippen molar-refractivity contribution in [2.24, 2.45) is 0 Å². The van der Waals surface area contributed by atoms with Crippen LogP contribution >= 0.6 is 27.3 Å². The molecule has 1 rings (SSSR count). The monoisotopic (exact) mass is 346 g/mol. The van der Waals surface area contributed by atoms with Gasteiger partial charge in [0, 0.05) is 10.5 Å². The molecule has 0 aromatic carbocycles. The molecule has 1 heterocycles. The minimum Gasteiger partial charge on any atom is -0.349 e. The number of hydrogen-bond acceptors (Lipinski definition) is 3. The van der Waals surface area contributed by atoms with Crippen molar-refractivity contribution in [2.75, 3.05) is 19.6 Å². The summed E-state index contributed by atoms with van der Waals surface area (Å²) in [5.41, 5.74) is 0. The summed E-state index contributed by atoms with van der Waals surface area (Å²) in [5, 5.41) is 4.98. The quantitative estimate of drug-likeness (QED) is 0.777. The molecule has 0 spiro atoms. The SMILES string of the molecule is CCN(CC)CCCC(C)NC(=O)c1sccc1Br. The van der Waals surface area contributed by atoms with Crippen molar-refractivity contribution in [2.45, 2.75) is 39.7 Å². The van der Waals surface area contributed by atoms with Crippen LogP contribution in [0.2, 0.25) is 0 Å². The van der Waals surface area contributed by atoms with E-state index in [1.807, 2.05) is 11.4 Å². The highest BCUT2D eigenvalue weighted by Crippen LogP contribution is 2.22. The van der Waals surface area contributed by atoms with Crippen molar-refractivity contribution in [1.82, 2.24) is 10.2 Å². The molecule has 0 fully saturated rings. The van der Waals surface area contributed by atoms with Gasteiger partial charge in [-0.1, -0.05) is 13.8 Å². The number of hydrogen-bond donors (Lipinski definition) is 1.